The summed E-state index contributed by atoms with van der Waals surface area (Å²) in [7, 11) is 0. The van der Waals surface area contributed by atoms with Gasteiger partial charge in [0.25, 0.3) is 5.91 Å². The van der Waals surface area contributed by atoms with Gasteiger partial charge >= 0.3 is 0 Å². The first-order valence-electron chi connectivity index (χ1n) is 8.95. The van der Waals surface area contributed by atoms with E-state index in [0.29, 0.717) is 17.2 Å². The third-order valence-corrected chi connectivity index (χ3v) is 4.41. The lowest BCUT2D eigenvalue weighted by atomic mass is 10.1. The Hall–Kier alpha value is -3.55. The lowest BCUT2D eigenvalue weighted by Gasteiger charge is -2.08. The number of halogens is 1. The van der Waals surface area contributed by atoms with E-state index in [9.17, 15) is 9.18 Å². The monoisotopic (exact) mass is 378 g/mol. The van der Waals surface area contributed by atoms with Crippen LogP contribution in [0.15, 0.2) is 55.0 Å². The van der Waals surface area contributed by atoms with Crippen molar-refractivity contribution in [1.82, 2.24) is 24.8 Å². The van der Waals surface area contributed by atoms with Crippen molar-refractivity contribution in [2.45, 2.75) is 20.4 Å². The van der Waals surface area contributed by atoms with E-state index in [1.54, 1.807) is 0 Å². The molecule has 142 valence electrons. The standard InChI is InChI=1S/C20H19FN6O/c1-13(2)10-26-11-16(15-5-3-4-6-19(15)26)20(28)23-18-9-14(7-8-17(18)21)27-12-22-24-25-27/h3-9,11-13H,10H2,1-2H3,(H,23,28). The minimum atomic E-state index is -0.531. The summed E-state index contributed by atoms with van der Waals surface area (Å²) in [6, 6.07) is 12.0. The minimum Gasteiger partial charge on any atom is -0.346 e. The molecular weight excluding hydrogens is 359 g/mol. The number of para-hydroxylation sites is 1. The molecule has 4 rings (SSSR count). The van der Waals surface area contributed by atoms with Crippen molar-refractivity contribution in [2.75, 3.05) is 5.32 Å². The van der Waals surface area contributed by atoms with Gasteiger partial charge in [0, 0.05) is 23.6 Å². The Kier molecular flexibility index (Phi) is 4.60. The van der Waals surface area contributed by atoms with E-state index in [-0.39, 0.29) is 11.6 Å². The largest absolute Gasteiger partial charge is 0.346 e. The van der Waals surface area contributed by atoms with Crippen LogP contribution in [0.3, 0.4) is 0 Å². The summed E-state index contributed by atoms with van der Waals surface area (Å²) >= 11 is 0. The van der Waals surface area contributed by atoms with Gasteiger partial charge in [-0.15, -0.1) is 5.10 Å². The average Bonchev–Trinajstić information content (AvgIpc) is 3.32. The number of rotatable bonds is 5. The van der Waals surface area contributed by atoms with Crippen molar-refractivity contribution in [3.63, 3.8) is 0 Å². The first kappa shape index (κ1) is 17.8. The van der Waals surface area contributed by atoms with Gasteiger partial charge in [-0.05, 0) is 40.6 Å². The summed E-state index contributed by atoms with van der Waals surface area (Å²) < 4.78 is 17.7. The molecular formula is C20H19FN6O. The van der Waals surface area contributed by atoms with Crippen molar-refractivity contribution in [2.24, 2.45) is 5.92 Å². The maximum Gasteiger partial charge on any atom is 0.257 e. The predicted octanol–water partition coefficient (Wildman–Crippen LogP) is 3.66. The summed E-state index contributed by atoms with van der Waals surface area (Å²) in [6.45, 7) is 5.03. The van der Waals surface area contributed by atoms with Crippen LogP contribution in [-0.4, -0.2) is 30.7 Å². The molecule has 0 fully saturated rings. The van der Waals surface area contributed by atoms with E-state index in [4.69, 9.17) is 0 Å². The lowest BCUT2D eigenvalue weighted by Crippen LogP contribution is -2.13. The Balaban J connectivity index is 1.69. The Morgan fingerprint density at radius 1 is 1.21 bits per heavy atom. The second-order valence-electron chi connectivity index (χ2n) is 6.98. The highest BCUT2D eigenvalue weighted by atomic mass is 19.1. The number of nitrogens with one attached hydrogen (secondary N) is 1. The fourth-order valence-electron chi connectivity index (χ4n) is 3.19. The summed E-state index contributed by atoms with van der Waals surface area (Å²) in [5.74, 6) is -0.473. The van der Waals surface area contributed by atoms with Gasteiger partial charge in [0.15, 0.2) is 0 Å². The number of fused-ring (bicyclic) bond motifs is 1. The minimum absolute atomic E-state index is 0.0682. The quantitative estimate of drug-likeness (QED) is 0.575. The number of nitrogens with zero attached hydrogens (tertiary/aromatic N) is 5. The van der Waals surface area contributed by atoms with Gasteiger partial charge in [0.05, 0.1) is 16.9 Å². The zero-order chi connectivity index (χ0) is 19.7. The van der Waals surface area contributed by atoms with E-state index >= 15 is 0 Å². The maximum absolute atomic E-state index is 14.3. The summed E-state index contributed by atoms with van der Waals surface area (Å²) in [4.78, 5) is 12.9. The van der Waals surface area contributed by atoms with Gasteiger partial charge < -0.3 is 9.88 Å². The van der Waals surface area contributed by atoms with Crippen molar-refractivity contribution in [1.29, 1.82) is 0 Å². The van der Waals surface area contributed by atoms with Gasteiger partial charge in [-0.1, -0.05) is 32.0 Å². The van der Waals surface area contributed by atoms with Crippen LogP contribution < -0.4 is 5.32 Å². The Bertz CT molecular complexity index is 1130. The first-order chi connectivity index (χ1) is 13.5. The molecule has 0 spiro atoms. The summed E-state index contributed by atoms with van der Waals surface area (Å²) in [6.07, 6.45) is 3.22. The van der Waals surface area contributed by atoms with Crippen molar-refractivity contribution in [3.05, 3.63) is 66.4 Å². The van der Waals surface area contributed by atoms with Gasteiger partial charge in [-0.25, -0.2) is 9.07 Å². The number of anilines is 1. The second kappa shape index (κ2) is 7.22. The van der Waals surface area contributed by atoms with E-state index in [1.165, 1.54) is 29.2 Å². The molecule has 0 unspecified atom stereocenters. The molecule has 1 N–H and O–H groups in total. The van der Waals surface area contributed by atoms with Crippen LogP contribution in [-0.2, 0) is 6.54 Å². The fraction of sp³-hybridized carbons (Fsp3) is 0.200. The highest BCUT2D eigenvalue weighted by molar-refractivity contribution is 6.13. The van der Waals surface area contributed by atoms with Crippen LogP contribution in [0.25, 0.3) is 16.6 Å². The molecule has 0 aliphatic rings. The third-order valence-electron chi connectivity index (χ3n) is 4.41. The molecule has 0 radical (unpaired) electrons. The van der Waals surface area contributed by atoms with Crippen LogP contribution in [0.5, 0.6) is 0 Å². The molecule has 4 aromatic rings. The van der Waals surface area contributed by atoms with Crippen LogP contribution in [0.2, 0.25) is 0 Å². The van der Waals surface area contributed by atoms with E-state index < -0.39 is 5.82 Å². The van der Waals surface area contributed by atoms with Gasteiger partial charge in [-0.2, -0.15) is 0 Å². The van der Waals surface area contributed by atoms with E-state index in [1.807, 2.05) is 30.5 Å². The highest BCUT2D eigenvalue weighted by Gasteiger charge is 2.17. The number of hydrogen-bond acceptors (Lipinski definition) is 4. The molecule has 0 aliphatic heterocycles. The van der Waals surface area contributed by atoms with Crippen molar-refractivity contribution >= 4 is 22.5 Å². The maximum atomic E-state index is 14.3. The number of tetrazole rings is 1. The Morgan fingerprint density at radius 2 is 2.04 bits per heavy atom. The molecule has 2 heterocycles. The van der Waals surface area contributed by atoms with Gasteiger partial charge in [0.1, 0.15) is 12.1 Å². The SMILES string of the molecule is CC(C)Cn1cc(C(=O)Nc2cc(-n3cnnn3)ccc2F)c2ccccc21. The topological polar surface area (TPSA) is 77.6 Å². The average molecular weight is 378 g/mol. The molecule has 0 bridgehead atoms. The number of benzene rings is 2. The summed E-state index contributed by atoms with van der Waals surface area (Å²) in [5, 5.41) is 14.4. The van der Waals surface area contributed by atoms with Crippen molar-refractivity contribution < 1.29 is 9.18 Å². The molecule has 2 aromatic carbocycles. The zero-order valence-corrected chi connectivity index (χ0v) is 15.5. The zero-order valence-electron chi connectivity index (χ0n) is 15.5. The Morgan fingerprint density at radius 3 is 2.79 bits per heavy atom. The molecule has 7 nitrogen and oxygen atoms in total. The Labute approximate surface area is 160 Å². The van der Waals surface area contributed by atoms with Crippen LogP contribution in [0, 0.1) is 11.7 Å². The molecule has 0 aliphatic carbocycles. The number of amides is 1. The smallest absolute Gasteiger partial charge is 0.257 e. The summed E-state index contributed by atoms with van der Waals surface area (Å²) in [5.41, 5.74) is 2.09. The normalized spacial score (nSPS) is 11.3. The first-order valence-corrected chi connectivity index (χ1v) is 8.95. The van der Waals surface area contributed by atoms with Crippen LogP contribution in [0.4, 0.5) is 10.1 Å². The van der Waals surface area contributed by atoms with Gasteiger partial charge in [-0.3, -0.25) is 4.79 Å². The number of hydrogen-bond donors (Lipinski definition) is 1. The molecule has 1 amide bonds. The van der Waals surface area contributed by atoms with E-state index in [0.717, 1.165) is 17.4 Å². The predicted molar refractivity (Wildman–Crippen MR) is 104 cm³/mol. The molecule has 0 atom stereocenters. The highest BCUT2D eigenvalue weighted by Crippen LogP contribution is 2.25. The molecule has 0 saturated heterocycles. The number of aromatic nitrogens is 5. The van der Waals surface area contributed by atoms with Crippen molar-refractivity contribution in [3.8, 4) is 5.69 Å². The number of carbonyl (C=O) groups is 1. The molecule has 8 heteroatoms. The third kappa shape index (κ3) is 3.36. The number of carbonyl (C=O) groups excluding carboxylic acids is 1. The van der Waals surface area contributed by atoms with Crippen LogP contribution in [0.1, 0.15) is 24.2 Å². The fourth-order valence-corrected chi connectivity index (χ4v) is 3.19. The van der Waals surface area contributed by atoms with Crippen LogP contribution >= 0.6 is 0 Å². The molecule has 0 saturated carbocycles. The lowest BCUT2D eigenvalue weighted by molar-refractivity contribution is 0.102. The molecule has 28 heavy (non-hydrogen) atoms. The van der Waals surface area contributed by atoms with E-state index in [2.05, 4.69) is 39.3 Å². The second-order valence-corrected chi connectivity index (χ2v) is 6.98. The molecule has 2 aromatic heterocycles. The van der Waals surface area contributed by atoms with Gasteiger partial charge in [0.2, 0.25) is 0 Å².